The van der Waals surface area contributed by atoms with E-state index in [1.54, 1.807) is 18.2 Å². The Balaban J connectivity index is 1.89. The van der Waals surface area contributed by atoms with Crippen LogP contribution in [0.4, 0.5) is 17.1 Å². The highest BCUT2D eigenvalue weighted by atomic mass is 35.5. The number of halogens is 1. The van der Waals surface area contributed by atoms with E-state index in [9.17, 15) is 15.2 Å². The molecule has 0 atom stereocenters. The number of H-pyrrole nitrogens is 1. The van der Waals surface area contributed by atoms with Crippen molar-refractivity contribution in [2.24, 2.45) is 10.2 Å². The number of nitrogens with one attached hydrogen (secondary N) is 2. The van der Waals surface area contributed by atoms with Crippen LogP contribution in [0.1, 0.15) is 5.56 Å². The van der Waals surface area contributed by atoms with E-state index in [0.29, 0.717) is 21.6 Å². The SMILES string of the molecule is Cc1c(Cl)cccc1NC(=S)N=Nc1c(O)[nH]c2ccc([N+](=O)[O-])cc12. The molecule has 1 aromatic heterocycles. The minimum Gasteiger partial charge on any atom is -0.493 e. The summed E-state index contributed by atoms with van der Waals surface area (Å²) in [7, 11) is 0. The van der Waals surface area contributed by atoms with Crippen molar-refractivity contribution in [1.29, 1.82) is 0 Å². The van der Waals surface area contributed by atoms with Crippen LogP contribution < -0.4 is 5.32 Å². The van der Waals surface area contributed by atoms with E-state index in [0.717, 1.165) is 5.56 Å². The van der Waals surface area contributed by atoms with Gasteiger partial charge in [-0.2, -0.15) is 0 Å². The number of hydrogen-bond donors (Lipinski definition) is 3. The zero-order valence-corrected chi connectivity index (χ0v) is 14.9. The monoisotopic (exact) mass is 389 g/mol. The topological polar surface area (TPSA) is 116 Å². The first-order valence-electron chi connectivity index (χ1n) is 7.33. The van der Waals surface area contributed by atoms with Gasteiger partial charge in [-0.3, -0.25) is 10.1 Å². The first kappa shape index (κ1) is 17.8. The minimum atomic E-state index is -0.529. The summed E-state index contributed by atoms with van der Waals surface area (Å²) in [6.07, 6.45) is 0. The molecule has 8 nitrogen and oxygen atoms in total. The predicted octanol–water partition coefficient (Wildman–Crippen LogP) is 5.22. The lowest BCUT2D eigenvalue weighted by molar-refractivity contribution is -0.384. The number of anilines is 1. The van der Waals surface area contributed by atoms with E-state index < -0.39 is 4.92 Å². The van der Waals surface area contributed by atoms with Gasteiger partial charge in [0.2, 0.25) is 11.0 Å². The number of nitrogens with zero attached hydrogens (tertiary/aromatic N) is 3. The van der Waals surface area contributed by atoms with Gasteiger partial charge in [0.25, 0.3) is 5.69 Å². The second-order valence-corrected chi connectivity index (χ2v) is 6.15. The Hall–Kier alpha value is -3.04. The summed E-state index contributed by atoms with van der Waals surface area (Å²) in [6, 6.07) is 9.42. The van der Waals surface area contributed by atoms with Crippen molar-refractivity contribution in [2.75, 3.05) is 5.32 Å². The van der Waals surface area contributed by atoms with Gasteiger partial charge in [0, 0.05) is 28.2 Å². The summed E-state index contributed by atoms with van der Waals surface area (Å²) in [5, 5.41) is 32.6. The molecule has 3 aromatic rings. The second-order valence-electron chi connectivity index (χ2n) is 5.35. The number of fused-ring (bicyclic) bond motifs is 1. The smallest absolute Gasteiger partial charge is 0.270 e. The van der Waals surface area contributed by atoms with Gasteiger partial charge < -0.3 is 15.4 Å². The highest BCUT2D eigenvalue weighted by Crippen LogP contribution is 2.37. The molecule has 2 aromatic carbocycles. The number of aromatic nitrogens is 1. The van der Waals surface area contributed by atoms with Crippen LogP contribution in [-0.2, 0) is 0 Å². The highest BCUT2D eigenvalue weighted by Gasteiger charge is 2.15. The molecular formula is C16H12ClN5O3S. The number of rotatable bonds is 3. The number of benzene rings is 2. The average molecular weight is 390 g/mol. The third-order valence-electron chi connectivity index (χ3n) is 3.70. The Labute approximate surface area is 157 Å². The Bertz CT molecular complexity index is 1060. The summed E-state index contributed by atoms with van der Waals surface area (Å²) < 4.78 is 0. The summed E-state index contributed by atoms with van der Waals surface area (Å²) in [5.41, 5.74) is 1.92. The highest BCUT2D eigenvalue weighted by molar-refractivity contribution is 7.80. The first-order chi connectivity index (χ1) is 12.4. The molecule has 10 heteroatoms. The molecule has 3 N–H and O–H groups in total. The third kappa shape index (κ3) is 3.48. The Morgan fingerprint density at radius 2 is 2.15 bits per heavy atom. The normalized spacial score (nSPS) is 11.2. The van der Waals surface area contributed by atoms with E-state index in [4.69, 9.17) is 23.8 Å². The maximum Gasteiger partial charge on any atom is 0.270 e. The number of nitro benzene ring substituents is 1. The molecule has 3 rings (SSSR count). The van der Waals surface area contributed by atoms with Gasteiger partial charge in [0.1, 0.15) is 0 Å². The number of aromatic amines is 1. The molecule has 0 aliphatic carbocycles. The number of thiocarbonyl (C=S) groups is 1. The van der Waals surface area contributed by atoms with Gasteiger partial charge in [-0.25, -0.2) is 0 Å². The van der Waals surface area contributed by atoms with Crippen molar-refractivity contribution < 1.29 is 10.0 Å². The lowest BCUT2D eigenvalue weighted by Gasteiger charge is -2.07. The maximum atomic E-state index is 10.9. The van der Waals surface area contributed by atoms with Gasteiger partial charge >= 0.3 is 0 Å². The van der Waals surface area contributed by atoms with Gasteiger partial charge in [0.05, 0.1) is 10.4 Å². The van der Waals surface area contributed by atoms with Gasteiger partial charge in [-0.1, -0.05) is 17.7 Å². The number of azo groups is 1. The van der Waals surface area contributed by atoms with Crippen LogP contribution in [0.25, 0.3) is 10.9 Å². The van der Waals surface area contributed by atoms with Crippen molar-refractivity contribution in [3.05, 3.63) is 57.1 Å². The fourth-order valence-electron chi connectivity index (χ4n) is 2.34. The van der Waals surface area contributed by atoms with Crippen LogP contribution in [0, 0.1) is 17.0 Å². The molecular weight excluding hydrogens is 378 g/mol. The minimum absolute atomic E-state index is 0.0505. The number of nitro groups is 1. The van der Waals surface area contributed by atoms with Gasteiger partial charge in [-0.15, -0.1) is 10.2 Å². The zero-order chi connectivity index (χ0) is 18.8. The largest absolute Gasteiger partial charge is 0.493 e. The van der Waals surface area contributed by atoms with E-state index in [1.165, 1.54) is 18.2 Å². The van der Waals surface area contributed by atoms with Crippen LogP contribution in [0.3, 0.4) is 0 Å². The average Bonchev–Trinajstić information content (AvgIpc) is 2.91. The van der Waals surface area contributed by atoms with Crippen LogP contribution >= 0.6 is 23.8 Å². The van der Waals surface area contributed by atoms with Gasteiger partial charge in [-0.05, 0) is 42.9 Å². The quantitative estimate of drug-likeness (QED) is 0.245. The molecule has 132 valence electrons. The molecule has 26 heavy (non-hydrogen) atoms. The molecule has 0 amide bonds. The van der Waals surface area contributed by atoms with Gasteiger partial charge in [0.15, 0.2) is 5.69 Å². The van der Waals surface area contributed by atoms with E-state index >= 15 is 0 Å². The van der Waals surface area contributed by atoms with Crippen molar-refractivity contribution in [3.63, 3.8) is 0 Å². The second kappa shape index (κ2) is 7.06. The number of aromatic hydroxyl groups is 1. The molecule has 1 heterocycles. The lowest BCUT2D eigenvalue weighted by Crippen LogP contribution is -2.06. The van der Waals surface area contributed by atoms with E-state index in [2.05, 4.69) is 20.5 Å². The van der Waals surface area contributed by atoms with E-state index in [-0.39, 0.29) is 22.4 Å². The first-order valence-corrected chi connectivity index (χ1v) is 8.12. The molecule has 0 aliphatic heterocycles. The summed E-state index contributed by atoms with van der Waals surface area (Å²) in [6.45, 7) is 1.83. The molecule has 0 saturated heterocycles. The Morgan fingerprint density at radius 1 is 1.38 bits per heavy atom. The third-order valence-corrected chi connectivity index (χ3v) is 4.29. The molecule has 0 aliphatic rings. The fourth-order valence-corrected chi connectivity index (χ4v) is 2.67. The molecule has 0 unspecified atom stereocenters. The molecule has 0 radical (unpaired) electrons. The van der Waals surface area contributed by atoms with Crippen molar-refractivity contribution in [1.82, 2.24) is 4.98 Å². The summed E-state index contributed by atoms with van der Waals surface area (Å²) in [4.78, 5) is 13.1. The predicted molar refractivity (Wildman–Crippen MR) is 104 cm³/mol. The Kier molecular flexibility index (Phi) is 4.83. The van der Waals surface area contributed by atoms with E-state index in [1.807, 2.05) is 6.92 Å². The van der Waals surface area contributed by atoms with Crippen LogP contribution in [0.5, 0.6) is 5.88 Å². The zero-order valence-electron chi connectivity index (χ0n) is 13.4. The van der Waals surface area contributed by atoms with Crippen molar-refractivity contribution in [3.8, 4) is 5.88 Å². The van der Waals surface area contributed by atoms with Crippen LogP contribution in [0.15, 0.2) is 46.6 Å². The fraction of sp³-hybridized carbons (Fsp3) is 0.0625. The summed E-state index contributed by atoms with van der Waals surface area (Å²) >= 11 is 11.2. The number of hydrogen-bond acceptors (Lipinski definition) is 5. The van der Waals surface area contributed by atoms with Crippen LogP contribution in [-0.4, -0.2) is 20.1 Å². The maximum absolute atomic E-state index is 10.9. The van der Waals surface area contributed by atoms with Crippen molar-refractivity contribution in [2.45, 2.75) is 6.92 Å². The number of non-ortho nitro benzene ring substituents is 1. The summed E-state index contributed by atoms with van der Waals surface area (Å²) in [5.74, 6) is -0.258. The van der Waals surface area contributed by atoms with Crippen molar-refractivity contribution >= 4 is 56.9 Å². The molecule has 0 saturated carbocycles. The van der Waals surface area contributed by atoms with Crippen LogP contribution in [0.2, 0.25) is 5.02 Å². The lowest BCUT2D eigenvalue weighted by atomic mass is 10.2. The molecule has 0 spiro atoms. The standard InChI is InChI=1S/C16H12ClN5O3S/c1-8-11(17)3-2-4-12(8)19-16(26)21-20-14-10-7-9(22(24)25)5-6-13(10)18-15(14)23/h2-7,18,23H,1H3,(H,19,26). The Morgan fingerprint density at radius 3 is 2.88 bits per heavy atom. The molecule has 0 bridgehead atoms. The molecule has 0 fully saturated rings.